The molecular weight excluding hydrogens is 400 g/mol. The largest absolute Gasteiger partial charge is 0.256 e. The molecule has 0 aliphatic carbocycles. The van der Waals surface area contributed by atoms with E-state index in [1.54, 1.807) is 0 Å². The van der Waals surface area contributed by atoms with Crippen molar-refractivity contribution < 1.29 is 0 Å². The highest BCUT2D eigenvalue weighted by Crippen LogP contribution is 2.22. The lowest BCUT2D eigenvalue weighted by Crippen LogP contribution is -2.00. The van der Waals surface area contributed by atoms with Crippen LogP contribution in [0.2, 0.25) is 0 Å². The summed E-state index contributed by atoms with van der Waals surface area (Å²) >= 11 is 3.48. The van der Waals surface area contributed by atoms with Gasteiger partial charge in [0.25, 0.3) is 0 Å². The zero-order valence-electron chi connectivity index (χ0n) is 14.4. The molecule has 5 rings (SSSR count). The Hall–Kier alpha value is -3.05. The first-order valence-electron chi connectivity index (χ1n) is 8.69. The maximum atomic E-state index is 4.82. The van der Waals surface area contributed by atoms with E-state index in [9.17, 15) is 0 Å². The zero-order chi connectivity index (χ0) is 18.2. The summed E-state index contributed by atoms with van der Waals surface area (Å²) in [6.45, 7) is 0. The van der Waals surface area contributed by atoms with Gasteiger partial charge in [0.2, 0.25) is 0 Å². The van der Waals surface area contributed by atoms with Crippen molar-refractivity contribution in [3.8, 4) is 11.3 Å². The zero-order valence-corrected chi connectivity index (χ0v) is 16.0. The van der Waals surface area contributed by atoms with Gasteiger partial charge in [0.05, 0.1) is 23.1 Å². The van der Waals surface area contributed by atoms with E-state index in [4.69, 9.17) is 5.10 Å². The van der Waals surface area contributed by atoms with E-state index in [1.807, 2.05) is 47.2 Å². The fourth-order valence-corrected chi connectivity index (χ4v) is 3.52. The maximum absolute atomic E-state index is 4.82. The lowest BCUT2D eigenvalue weighted by Gasteiger charge is -2.06. The van der Waals surface area contributed by atoms with Gasteiger partial charge in [0.15, 0.2) is 5.65 Å². The summed E-state index contributed by atoms with van der Waals surface area (Å²) in [4.78, 5) is 8.89. The number of pyridine rings is 1. The smallest absolute Gasteiger partial charge is 0.153 e. The Morgan fingerprint density at radius 2 is 1.78 bits per heavy atom. The molecule has 0 spiro atoms. The number of aromatic nitrogens is 4. The van der Waals surface area contributed by atoms with Crippen molar-refractivity contribution in [1.29, 1.82) is 0 Å². The van der Waals surface area contributed by atoms with Gasteiger partial charge >= 0.3 is 0 Å². The summed E-state index contributed by atoms with van der Waals surface area (Å²) in [7, 11) is 0. The van der Waals surface area contributed by atoms with E-state index in [0.717, 1.165) is 44.4 Å². The molecule has 2 aromatic carbocycles. The average Bonchev–Trinajstić information content (AvgIpc) is 3.10. The standard InChI is InChI=1S/C22H15BrN4/c23-18-6-4-16(5-7-18)21-9-10-22-25-14-19(27(22)26-21)13-15-3-8-20-17(12-15)2-1-11-24-20/h1-12,14H,13H2. The second-order valence-corrected chi connectivity index (χ2v) is 7.37. The number of nitrogens with zero attached hydrogens (tertiary/aromatic N) is 4. The summed E-state index contributed by atoms with van der Waals surface area (Å²) in [5.41, 5.74) is 6.15. The van der Waals surface area contributed by atoms with Crippen LogP contribution in [0.3, 0.4) is 0 Å². The van der Waals surface area contributed by atoms with E-state index in [-0.39, 0.29) is 0 Å². The molecule has 3 heterocycles. The molecule has 0 N–H and O–H groups in total. The highest BCUT2D eigenvalue weighted by molar-refractivity contribution is 9.10. The molecule has 0 aliphatic heterocycles. The van der Waals surface area contributed by atoms with Gasteiger partial charge in [0, 0.05) is 28.0 Å². The Morgan fingerprint density at radius 3 is 2.67 bits per heavy atom. The summed E-state index contributed by atoms with van der Waals surface area (Å²) < 4.78 is 2.99. The minimum Gasteiger partial charge on any atom is -0.256 e. The molecule has 27 heavy (non-hydrogen) atoms. The third kappa shape index (κ3) is 3.11. The van der Waals surface area contributed by atoms with Gasteiger partial charge in [-0.1, -0.05) is 40.2 Å². The molecule has 3 aromatic heterocycles. The molecule has 0 saturated heterocycles. The predicted molar refractivity (Wildman–Crippen MR) is 111 cm³/mol. The van der Waals surface area contributed by atoms with Crippen LogP contribution in [0.1, 0.15) is 11.3 Å². The van der Waals surface area contributed by atoms with Crippen LogP contribution in [0.4, 0.5) is 0 Å². The van der Waals surface area contributed by atoms with E-state index >= 15 is 0 Å². The maximum Gasteiger partial charge on any atom is 0.153 e. The number of hydrogen-bond acceptors (Lipinski definition) is 3. The van der Waals surface area contributed by atoms with Crippen LogP contribution in [0, 0.1) is 0 Å². The number of fused-ring (bicyclic) bond motifs is 2. The van der Waals surface area contributed by atoms with Crippen molar-refractivity contribution in [3.63, 3.8) is 0 Å². The molecule has 0 aliphatic rings. The van der Waals surface area contributed by atoms with Gasteiger partial charge < -0.3 is 0 Å². The normalized spacial score (nSPS) is 11.3. The molecule has 130 valence electrons. The highest BCUT2D eigenvalue weighted by Gasteiger charge is 2.09. The quantitative estimate of drug-likeness (QED) is 0.402. The monoisotopic (exact) mass is 414 g/mol. The first-order chi connectivity index (χ1) is 13.3. The average molecular weight is 415 g/mol. The molecule has 0 unspecified atom stereocenters. The third-order valence-corrected chi connectivity index (χ3v) is 5.15. The van der Waals surface area contributed by atoms with Crippen molar-refractivity contribution in [2.45, 2.75) is 6.42 Å². The molecule has 4 nitrogen and oxygen atoms in total. The van der Waals surface area contributed by atoms with Gasteiger partial charge in [-0.3, -0.25) is 4.98 Å². The number of rotatable bonds is 3. The first-order valence-corrected chi connectivity index (χ1v) is 9.49. The van der Waals surface area contributed by atoms with E-state index in [0.29, 0.717) is 0 Å². The lowest BCUT2D eigenvalue weighted by molar-refractivity contribution is 0.876. The fraction of sp³-hybridized carbons (Fsp3) is 0.0455. The van der Waals surface area contributed by atoms with Crippen LogP contribution in [-0.4, -0.2) is 19.6 Å². The van der Waals surface area contributed by atoms with E-state index in [2.05, 4.69) is 62.3 Å². The third-order valence-electron chi connectivity index (χ3n) is 4.63. The number of halogens is 1. The molecule has 0 amide bonds. The van der Waals surface area contributed by atoms with E-state index < -0.39 is 0 Å². The number of hydrogen-bond donors (Lipinski definition) is 0. The summed E-state index contributed by atoms with van der Waals surface area (Å²) in [5.74, 6) is 0. The first kappa shape index (κ1) is 16.1. The Bertz CT molecular complexity index is 1260. The van der Waals surface area contributed by atoms with Crippen LogP contribution < -0.4 is 0 Å². The molecule has 0 atom stereocenters. The molecule has 0 fully saturated rings. The summed E-state index contributed by atoms with van der Waals surface area (Å²) in [5, 5.41) is 5.97. The van der Waals surface area contributed by atoms with Gasteiger partial charge in [0.1, 0.15) is 0 Å². The minimum atomic E-state index is 0.767. The van der Waals surface area contributed by atoms with Crippen molar-refractivity contribution in [3.05, 3.63) is 94.9 Å². The number of benzene rings is 2. The van der Waals surface area contributed by atoms with Crippen LogP contribution >= 0.6 is 15.9 Å². The van der Waals surface area contributed by atoms with Crippen LogP contribution in [0.25, 0.3) is 27.8 Å². The van der Waals surface area contributed by atoms with Crippen molar-refractivity contribution in [2.75, 3.05) is 0 Å². The van der Waals surface area contributed by atoms with Crippen LogP contribution in [0.5, 0.6) is 0 Å². The SMILES string of the molecule is Brc1ccc(-c2ccc3ncc(Cc4ccc5ncccc5c4)n3n2)cc1. The van der Waals surface area contributed by atoms with E-state index in [1.165, 1.54) is 5.56 Å². The van der Waals surface area contributed by atoms with Gasteiger partial charge in [-0.25, -0.2) is 9.50 Å². The second-order valence-electron chi connectivity index (χ2n) is 6.45. The van der Waals surface area contributed by atoms with Gasteiger partial charge in [-0.15, -0.1) is 0 Å². The molecule has 5 aromatic rings. The lowest BCUT2D eigenvalue weighted by atomic mass is 10.1. The Morgan fingerprint density at radius 1 is 0.889 bits per heavy atom. The second kappa shape index (κ2) is 6.59. The molecular formula is C22H15BrN4. The van der Waals surface area contributed by atoms with Crippen molar-refractivity contribution in [1.82, 2.24) is 19.6 Å². The highest BCUT2D eigenvalue weighted by atomic mass is 79.9. The van der Waals surface area contributed by atoms with Crippen molar-refractivity contribution in [2.24, 2.45) is 0 Å². The van der Waals surface area contributed by atoms with Crippen molar-refractivity contribution >= 4 is 32.5 Å². The van der Waals surface area contributed by atoms with Gasteiger partial charge in [-0.2, -0.15) is 5.10 Å². The molecule has 0 radical (unpaired) electrons. The fourth-order valence-electron chi connectivity index (χ4n) is 3.26. The number of imidazole rings is 1. The molecule has 0 saturated carbocycles. The minimum absolute atomic E-state index is 0.767. The topological polar surface area (TPSA) is 43.1 Å². The Kier molecular flexibility index (Phi) is 3.94. The Balaban J connectivity index is 1.54. The molecule has 0 bridgehead atoms. The Labute approximate surface area is 164 Å². The van der Waals surface area contributed by atoms with Crippen LogP contribution in [-0.2, 0) is 6.42 Å². The summed E-state index contributed by atoms with van der Waals surface area (Å²) in [6, 6.07) is 22.6. The van der Waals surface area contributed by atoms with Gasteiger partial charge in [-0.05, 0) is 48.0 Å². The predicted octanol–water partition coefficient (Wildman–Crippen LogP) is 5.30. The van der Waals surface area contributed by atoms with Crippen LogP contribution in [0.15, 0.2) is 83.6 Å². The molecule has 5 heteroatoms. The summed E-state index contributed by atoms with van der Waals surface area (Å²) in [6.07, 6.45) is 4.49.